The predicted octanol–water partition coefficient (Wildman–Crippen LogP) is 1.82. The minimum Gasteiger partial charge on any atom is -0.370 e. The summed E-state index contributed by atoms with van der Waals surface area (Å²) in [6, 6.07) is 1.94. The number of nitrogens with zero attached hydrogens (tertiary/aromatic N) is 3. The molecule has 1 aromatic heterocycles. The number of piperidine rings is 1. The molecule has 6 nitrogen and oxygen atoms in total. The average Bonchev–Trinajstić information content (AvgIpc) is 2.44. The van der Waals surface area contributed by atoms with Gasteiger partial charge in [-0.25, -0.2) is 22.7 Å². The minimum atomic E-state index is -3.08. The van der Waals surface area contributed by atoms with Crippen LogP contribution in [-0.2, 0) is 16.4 Å². The monoisotopic (exact) mass is 326 g/mol. The number of hydrogen-bond donors (Lipinski definition) is 1. The molecular formula is C15H26N4O2S. The van der Waals surface area contributed by atoms with Crippen molar-refractivity contribution in [2.45, 2.75) is 39.5 Å². The van der Waals surface area contributed by atoms with Gasteiger partial charge in [0.15, 0.2) is 0 Å². The normalized spacial score (nSPS) is 20.0. The molecule has 7 heteroatoms. The number of aryl methyl sites for hydroxylation is 2. The molecule has 0 aromatic carbocycles. The fraction of sp³-hybridized carbons (Fsp3) is 0.733. The Balaban J connectivity index is 1.95. The molecule has 0 unspecified atom stereocenters. The van der Waals surface area contributed by atoms with E-state index in [0.717, 1.165) is 49.6 Å². The fourth-order valence-electron chi connectivity index (χ4n) is 2.80. The van der Waals surface area contributed by atoms with Crippen LogP contribution in [0.1, 0.15) is 37.7 Å². The van der Waals surface area contributed by atoms with E-state index < -0.39 is 10.0 Å². The summed E-state index contributed by atoms with van der Waals surface area (Å²) >= 11 is 0. The summed E-state index contributed by atoms with van der Waals surface area (Å²) in [5.41, 5.74) is 0.961. The topological polar surface area (TPSA) is 75.2 Å². The van der Waals surface area contributed by atoms with Crippen LogP contribution in [-0.4, -0.2) is 48.6 Å². The van der Waals surface area contributed by atoms with Gasteiger partial charge in [0.2, 0.25) is 10.0 Å². The van der Waals surface area contributed by atoms with Crippen LogP contribution in [0.15, 0.2) is 6.07 Å². The Hall–Kier alpha value is -1.21. The Morgan fingerprint density at radius 3 is 2.86 bits per heavy atom. The van der Waals surface area contributed by atoms with Crippen LogP contribution in [0.5, 0.6) is 0 Å². The van der Waals surface area contributed by atoms with Gasteiger partial charge < -0.3 is 5.32 Å². The highest BCUT2D eigenvalue weighted by atomic mass is 32.2. The van der Waals surface area contributed by atoms with Crippen LogP contribution in [0, 0.1) is 12.8 Å². The van der Waals surface area contributed by atoms with Gasteiger partial charge in [-0.15, -0.1) is 0 Å². The zero-order chi connectivity index (χ0) is 16.2. The maximum absolute atomic E-state index is 11.7. The molecule has 1 aromatic rings. The third-order valence-electron chi connectivity index (χ3n) is 3.90. The lowest BCUT2D eigenvalue weighted by atomic mass is 10.00. The van der Waals surface area contributed by atoms with E-state index in [4.69, 9.17) is 0 Å². The number of rotatable bonds is 6. The lowest BCUT2D eigenvalue weighted by Gasteiger charge is -2.31. The van der Waals surface area contributed by atoms with Crippen LogP contribution in [0.4, 0.5) is 5.82 Å². The second-order valence-corrected chi connectivity index (χ2v) is 8.05. The number of anilines is 1. The summed E-state index contributed by atoms with van der Waals surface area (Å²) in [6.45, 7) is 6.06. The average molecular weight is 326 g/mol. The van der Waals surface area contributed by atoms with Crippen molar-refractivity contribution in [3.05, 3.63) is 17.6 Å². The van der Waals surface area contributed by atoms with Gasteiger partial charge in [0, 0.05) is 37.8 Å². The quantitative estimate of drug-likeness (QED) is 0.863. The Kier molecular flexibility index (Phi) is 5.74. The second kappa shape index (κ2) is 7.37. The summed E-state index contributed by atoms with van der Waals surface area (Å²) < 4.78 is 24.9. The summed E-state index contributed by atoms with van der Waals surface area (Å²) in [4.78, 5) is 8.95. The molecule has 1 aliphatic rings. The van der Waals surface area contributed by atoms with Gasteiger partial charge >= 0.3 is 0 Å². The number of aromatic nitrogens is 2. The zero-order valence-electron chi connectivity index (χ0n) is 13.7. The molecular weight excluding hydrogens is 300 g/mol. The van der Waals surface area contributed by atoms with E-state index in [1.54, 1.807) is 4.31 Å². The molecule has 22 heavy (non-hydrogen) atoms. The molecule has 2 heterocycles. The highest BCUT2D eigenvalue weighted by Crippen LogP contribution is 2.19. The number of hydrogen-bond acceptors (Lipinski definition) is 5. The SMILES string of the molecule is CCCc1nc(C)cc(NC[C@H]2CCCN(S(C)(=O)=O)C2)n1. The summed E-state index contributed by atoms with van der Waals surface area (Å²) in [7, 11) is -3.08. The van der Waals surface area contributed by atoms with Crippen molar-refractivity contribution in [1.82, 2.24) is 14.3 Å². The molecule has 0 saturated carbocycles. The molecule has 1 aliphatic heterocycles. The summed E-state index contributed by atoms with van der Waals surface area (Å²) in [6.07, 6.45) is 5.15. The van der Waals surface area contributed by atoms with Crippen molar-refractivity contribution >= 4 is 15.8 Å². The van der Waals surface area contributed by atoms with Gasteiger partial charge in [-0.05, 0) is 32.1 Å². The standard InChI is InChI=1S/C15H26N4O2S/c1-4-6-14-17-12(2)9-15(18-14)16-10-13-7-5-8-19(11-13)22(3,20)21/h9,13H,4-8,10-11H2,1-3H3,(H,16,17,18)/t13-/m1/s1. The van der Waals surface area contributed by atoms with E-state index in [-0.39, 0.29) is 0 Å². The van der Waals surface area contributed by atoms with Crippen molar-refractivity contribution in [2.24, 2.45) is 5.92 Å². The zero-order valence-corrected chi connectivity index (χ0v) is 14.5. The van der Waals surface area contributed by atoms with Crippen LogP contribution in [0.2, 0.25) is 0 Å². The molecule has 124 valence electrons. The van der Waals surface area contributed by atoms with E-state index in [2.05, 4.69) is 22.2 Å². The summed E-state index contributed by atoms with van der Waals surface area (Å²) in [5, 5.41) is 3.35. The fourth-order valence-corrected chi connectivity index (χ4v) is 3.74. The van der Waals surface area contributed by atoms with E-state index in [1.165, 1.54) is 6.26 Å². The van der Waals surface area contributed by atoms with E-state index in [0.29, 0.717) is 19.0 Å². The molecule has 0 aliphatic carbocycles. The first-order valence-corrected chi connectivity index (χ1v) is 9.77. The second-order valence-electron chi connectivity index (χ2n) is 6.07. The Morgan fingerprint density at radius 1 is 1.41 bits per heavy atom. The molecule has 1 atom stereocenters. The van der Waals surface area contributed by atoms with Gasteiger partial charge in [0.05, 0.1) is 6.26 Å². The summed E-state index contributed by atoms with van der Waals surface area (Å²) in [5.74, 6) is 2.03. The van der Waals surface area contributed by atoms with Gasteiger partial charge in [0.1, 0.15) is 11.6 Å². The van der Waals surface area contributed by atoms with Crippen molar-refractivity contribution in [2.75, 3.05) is 31.2 Å². The van der Waals surface area contributed by atoms with Crippen LogP contribution in [0.25, 0.3) is 0 Å². The lowest BCUT2D eigenvalue weighted by molar-refractivity contribution is 0.276. The van der Waals surface area contributed by atoms with E-state index in [9.17, 15) is 8.42 Å². The molecule has 0 amide bonds. The number of nitrogens with one attached hydrogen (secondary N) is 1. The lowest BCUT2D eigenvalue weighted by Crippen LogP contribution is -2.41. The molecule has 2 rings (SSSR count). The molecule has 0 bridgehead atoms. The highest BCUT2D eigenvalue weighted by molar-refractivity contribution is 7.88. The molecule has 1 fully saturated rings. The first-order chi connectivity index (χ1) is 10.4. The highest BCUT2D eigenvalue weighted by Gasteiger charge is 2.25. The minimum absolute atomic E-state index is 0.327. The van der Waals surface area contributed by atoms with Gasteiger partial charge in [0.25, 0.3) is 0 Å². The first kappa shape index (κ1) is 17.1. The van der Waals surface area contributed by atoms with E-state index in [1.807, 2.05) is 13.0 Å². The Labute approximate surface area is 133 Å². The third-order valence-corrected chi connectivity index (χ3v) is 5.17. The molecule has 0 radical (unpaired) electrons. The van der Waals surface area contributed by atoms with E-state index >= 15 is 0 Å². The van der Waals surface area contributed by atoms with Crippen molar-refractivity contribution in [1.29, 1.82) is 0 Å². The van der Waals surface area contributed by atoms with Crippen LogP contribution in [0.3, 0.4) is 0 Å². The van der Waals surface area contributed by atoms with Crippen molar-refractivity contribution in [3.63, 3.8) is 0 Å². The van der Waals surface area contributed by atoms with Gasteiger partial charge in [-0.1, -0.05) is 6.92 Å². The van der Waals surface area contributed by atoms with Crippen LogP contribution >= 0.6 is 0 Å². The van der Waals surface area contributed by atoms with Crippen LogP contribution < -0.4 is 5.32 Å². The maximum Gasteiger partial charge on any atom is 0.211 e. The molecule has 1 N–H and O–H groups in total. The molecule has 0 spiro atoms. The third kappa shape index (κ3) is 4.91. The first-order valence-electron chi connectivity index (χ1n) is 7.92. The van der Waals surface area contributed by atoms with Crippen molar-refractivity contribution in [3.8, 4) is 0 Å². The van der Waals surface area contributed by atoms with Crippen molar-refractivity contribution < 1.29 is 8.42 Å². The largest absolute Gasteiger partial charge is 0.370 e. The smallest absolute Gasteiger partial charge is 0.211 e. The maximum atomic E-state index is 11.7. The number of sulfonamides is 1. The molecule has 1 saturated heterocycles. The predicted molar refractivity (Wildman–Crippen MR) is 88.4 cm³/mol. The van der Waals surface area contributed by atoms with Gasteiger partial charge in [-0.3, -0.25) is 0 Å². The van der Waals surface area contributed by atoms with Gasteiger partial charge in [-0.2, -0.15) is 0 Å². The Bertz CT molecular complexity index is 604. The Morgan fingerprint density at radius 2 is 2.18 bits per heavy atom.